The van der Waals surface area contributed by atoms with Crippen LogP contribution >= 0.6 is 0 Å². The molecule has 2 aromatic carbocycles. The summed E-state index contributed by atoms with van der Waals surface area (Å²) < 4.78 is 11.3. The molecule has 0 radical (unpaired) electrons. The van der Waals surface area contributed by atoms with Crippen molar-refractivity contribution < 1.29 is 9.47 Å². The van der Waals surface area contributed by atoms with E-state index in [2.05, 4.69) is 53.4 Å². The molecular weight excluding hydrogens is 348 g/mol. The highest BCUT2D eigenvalue weighted by atomic mass is 16.5. The van der Waals surface area contributed by atoms with Gasteiger partial charge in [0.2, 0.25) is 0 Å². The molecule has 0 bridgehead atoms. The molecule has 0 aliphatic carbocycles. The van der Waals surface area contributed by atoms with E-state index in [1.807, 2.05) is 24.4 Å². The highest BCUT2D eigenvalue weighted by molar-refractivity contribution is 5.64. The van der Waals surface area contributed by atoms with Crippen molar-refractivity contribution in [2.45, 2.75) is 12.5 Å². The van der Waals surface area contributed by atoms with E-state index in [9.17, 15) is 0 Å². The number of morpholine rings is 1. The predicted molar refractivity (Wildman–Crippen MR) is 112 cm³/mol. The van der Waals surface area contributed by atoms with Crippen LogP contribution in [0.25, 0.3) is 11.1 Å². The van der Waals surface area contributed by atoms with Crippen molar-refractivity contribution in [3.05, 3.63) is 84.2 Å². The Kier molecular flexibility index (Phi) is 6.00. The first-order valence-electron chi connectivity index (χ1n) is 9.80. The Hall–Kier alpha value is -2.69. The maximum Gasteiger partial charge on any atom is 0.119 e. The lowest BCUT2D eigenvalue weighted by atomic mass is 10.1. The number of pyridine rings is 1. The van der Waals surface area contributed by atoms with E-state index in [1.165, 1.54) is 5.56 Å². The van der Waals surface area contributed by atoms with Crippen molar-refractivity contribution in [2.75, 3.05) is 33.4 Å². The van der Waals surface area contributed by atoms with E-state index in [4.69, 9.17) is 14.5 Å². The lowest BCUT2D eigenvalue weighted by Gasteiger charge is -2.32. The molecule has 1 saturated heterocycles. The topological polar surface area (TPSA) is 34.6 Å². The van der Waals surface area contributed by atoms with Crippen LogP contribution in [0.3, 0.4) is 0 Å². The Morgan fingerprint density at radius 1 is 1.04 bits per heavy atom. The van der Waals surface area contributed by atoms with Gasteiger partial charge in [0.15, 0.2) is 0 Å². The minimum Gasteiger partial charge on any atom is -0.497 e. The zero-order chi connectivity index (χ0) is 19.2. The van der Waals surface area contributed by atoms with Crippen molar-refractivity contribution in [3.63, 3.8) is 0 Å². The Balaban J connectivity index is 1.39. The lowest BCUT2D eigenvalue weighted by molar-refractivity contribution is -0.0316. The standard InChI is InChI=1S/C24H26N2O2/c1-27-22-9-5-8-20(16-22)21-10-11-23(25-17-21)24-18-26(14-15-28-24)13-12-19-6-3-2-4-7-19/h2-11,16-17,24H,12-15,18H2,1H3/t24-/m1/s1. The largest absolute Gasteiger partial charge is 0.497 e. The molecule has 0 N–H and O–H groups in total. The number of benzene rings is 2. The summed E-state index contributed by atoms with van der Waals surface area (Å²) in [7, 11) is 1.68. The summed E-state index contributed by atoms with van der Waals surface area (Å²) in [6.07, 6.45) is 3.02. The molecule has 1 fully saturated rings. The summed E-state index contributed by atoms with van der Waals surface area (Å²) in [5, 5.41) is 0. The van der Waals surface area contributed by atoms with Crippen LogP contribution in [0.4, 0.5) is 0 Å². The molecule has 0 unspecified atom stereocenters. The van der Waals surface area contributed by atoms with Gasteiger partial charge in [-0.15, -0.1) is 0 Å². The van der Waals surface area contributed by atoms with Gasteiger partial charge in [-0.05, 0) is 35.7 Å². The van der Waals surface area contributed by atoms with Crippen molar-refractivity contribution in [1.29, 1.82) is 0 Å². The van der Waals surface area contributed by atoms with Gasteiger partial charge in [-0.1, -0.05) is 48.5 Å². The molecule has 1 atom stereocenters. The Morgan fingerprint density at radius 2 is 1.93 bits per heavy atom. The molecule has 28 heavy (non-hydrogen) atoms. The van der Waals surface area contributed by atoms with Crippen LogP contribution in [0, 0.1) is 0 Å². The number of hydrogen-bond donors (Lipinski definition) is 0. The number of ether oxygens (including phenoxy) is 2. The number of hydrogen-bond acceptors (Lipinski definition) is 4. The molecule has 1 aliphatic heterocycles. The average Bonchev–Trinajstić information content (AvgIpc) is 2.79. The van der Waals surface area contributed by atoms with Crippen LogP contribution in [0.5, 0.6) is 5.75 Å². The van der Waals surface area contributed by atoms with Gasteiger partial charge in [-0.2, -0.15) is 0 Å². The monoisotopic (exact) mass is 374 g/mol. The molecule has 1 aromatic heterocycles. The quantitative estimate of drug-likeness (QED) is 0.642. The summed E-state index contributed by atoms with van der Waals surface area (Å²) in [5.41, 5.74) is 4.56. The van der Waals surface area contributed by atoms with E-state index < -0.39 is 0 Å². The second kappa shape index (κ2) is 9.00. The summed E-state index contributed by atoms with van der Waals surface area (Å²) in [5.74, 6) is 0.853. The number of methoxy groups -OCH3 is 1. The highest BCUT2D eigenvalue weighted by Crippen LogP contribution is 2.26. The normalized spacial score (nSPS) is 17.4. The van der Waals surface area contributed by atoms with Crippen LogP contribution in [0.1, 0.15) is 17.4 Å². The first-order chi connectivity index (χ1) is 13.8. The molecule has 144 valence electrons. The van der Waals surface area contributed by atoms with Gasteiger partial charge in [-0.25, -0.2) is 0 Å². The maximum absolute atomic E-state index is 6.00. The second-order valence-corrected chi connectivity index (χ2v) is 7.10. The van der Waals surface area contributed by atoms with E-state index in [1.54, 1.807) is 7.11 Å². The smallest absolute Gasteiger partial charge is 0.119 e. The van der Waals surface area contributed by atoms with E-state index >= 15 is 0 Å². The van der Waals surface area contributed by atoms with Gasteiger partial charge in [-0.3, -0.25) is 9.88 Å². The van der Waals surface area contributed by atoms with Crippen molar-refractivity contribution in [1.82, 2.24) is 9.88 Å². The zero-order valence-electron chi connectivity index (χ0n) is 16.3. The maximum atomic E-state index is 6.00. The van der Waals surface area contributed by atoms with Gasteiger partial charge >= 0.3 is 0 Å². The average molecular weight is 374 g/mol. The number of aromatic nitrogens is 1. The molecular formula is C24H26N2O2. The van der Waals surface area contributed by atoms with Gasteiger partial charge in [0.1, 0.15) is 11.9 Å². The minimum absolute atomic E-state index is 0.0314. The van der Waals surface area contributed by atoms with Crippen LogP contribution in [0.2, 0.25) is 0 Å². The molecule has 4 nitrogen and oxygen atoms in total. The van der Waals surface area contributed by atoms with Gasteiger partial charge < -0.3 is 9.47 Å². The fourth-order valence-corrected chi connectivity index (χ4v) is 3.59. The first kappa shape index (κ1) is 18.7. The van der Waals surface area contributed by atoms with Crippen molar-refractivity contribution >= 4 is 0 Å². The minimum atomic E-state index is 0.0314. The van der Waals surface area contributed by atoms with Gasteiger partial charge in [0, 0.05) is 31.4 Å². The summed E-state index contributed by atoms with van der Waals surface area (Å²) in [6.45, 7) is 3.66. The van der Waals surface area contributed by atoms with Gasteiger partial charge in [0.05, 0.1) is 19.4 Å². The highest BCUT2D eigenvalue weighted by Gasteiger charge is 2.22. The first-order valence-corrected chi connectivity index (χ1v) is 9.80. The summed E-state index contributed by atoms with van der Waals surface area (Å²) in [4.78, 5) is 7.17. The Morgan fingerprint density at radius 3 is 2.71 bits per heavy atom. The molecule has 0 spiro atoms. The van der Waals surface area contributed by atoms with Gasteiger partial charge in [0.25, 0.3) is 0 Å². The predicted octanol–water partition coefficient (Wildman–Crippen LogP) is 4.37. The SMILES string of the molecule is COc1cccc(-c2ccc([C@H]3CN(CCc4ccccc4)CCO3)nc2)c1. The van der Waals surface area contributed by atoms with Crippen LogP contribution < -0.4 is 4.74 Å². The van der Waals surface area contributed by atoms with Crippen LogP contribution in [-0.2, 0) is 11.2 Å². The fraction of sp³-hybridized carbons (Fsp3) is 0.292. The third-order valence-electron chi connectivity index (χ3n) is 5.23. The molecule has 0 amide bonds. The lowest BCUT2D eigenvalue weighted by Crippen LogP contribution is -2.39. The molecule has 0 saturated carbocycles. The van der Waals surface area contributed by atoms with Crippen LogP contribution in [-0.4, -0.2) is 43.2 Å². The Labute approximate surface area is 166 Å². The van der Waals surface area contributed by atoms with Crippen molar-refractivity contribution in [3.8, 4) is 16.9 Å². The van der Waals surface area contributed by atoms with Crippen molar-refractivity contribution in [2.24, 2.45) is 0 Å². The van der Waals surface area contributed by atoms with E-state index in [0.717, 1.165) is 55.2 Å². The summed E-state index contributed by atoms with van der Waals surface area (Å²) >= 11 is 0. The second-order valence-electron chi connectivity index (χ2n) is 7.10. The third-order valence-corrected chi connectivity index (χ3v) is 5.23. The van der Waals surface area contributed by atoms with E-state index in [0.29, 0.717) is 0 Å². The number of rotatable bonds is 6. The molecule has 2 heterocycles. The fourth-order valence-electron chi connectivity index (χ4n) is 3.59. The Bertz CT molecular complexity index is 881. The number of nitrogens with zero attached hydrogens (tertiary/aromatic N) is 2. The molecule has 4 rings (SSSR count). The van der Waals surface area contributed by atoms with Crippen LogP contribution in [0.15, 0.2) is 72.9 Å². The molecule has 1 aliphatic rings. The summed E-state index contributed by atoms with van der Waals surface area (Å²) in [6, 6.07) is 22.9. The molecule has 3 aromatic rings. The molecule has 4 heteroatoms. The zero-order valence-corrected chi connectivity index (χ0v) is 16.3. The van der Waals surface area contributed by atoms with E-state index in [-0.39, 0.29) is 6.10 Å². The third kappa shape index (κ3) is 4.58.